The molecule has 0 spiro atoms. The Labute approximate surface area is 189 Å². The van der Waals surface area contributed by atoms with Crippen LogP contribution in [-0.2, 0) is 28.0 Å². The summed E-state index contributed by atoms with van der Waals surface area (Å²) in [6.45, 7) is 3.43. The normalized spacial score (nSPS) is 14.3. The lowest BCUT2D eigenvalue weighted by atomic mass is 10.1. The lowest BCUT2D eigenvalue weighted by Crippen LogP contribution is -2.36. The molecule has 4 rings (SSSR count). The predicted octanol–water partition coefficient (Wildman–Crippen LogP) is 3.87. The van der Waals surface area contributed by atoms with Crippen LogP contribution in [0.1, 0.15) is 17.5 Å². The fourth-order valence-electron chi connectivity index (χ4n) is 3.31. The van der Waals surface area contributed by atoms with E-state index in [0.29, 0.717) is 17.9 Å². The van der Waals surface area contributed by atoms with Gasteiger partial charge in [0.2, 0.25) is 10.0 Å². The number of aromatic nitrogens is 1. The molecule has 7 nitrogen and oxygen atoms in total. The molecule has 0 aliphatic carbocycles. The Morgan fingerprint density at radius 1 is 1.09 bits per heavy atom. The molecule has 1 fully saturated rings. The summed E-state index contributed by atoms with van der Waals surface area (Å²) in [5.74, 6) is -2.17. The summed E-state index contributed by atoms with van der Waals surface area (Å²) < 4.78 is 63.5. The molecule has 1 aliphatic rings. The highest BCUT2D eigenvalue weighted by atomic mass is 32.2. The third-order valence-corrected chi connectivity index (χ3v) is 6.07. The number of alkyl halides is 3. The molecule has 3 aromatic rings. The van der Waals surface area contributed by atoms with Crippen LogP contribution in [0.4, 0.5) is 13.2 Å². The van der Waals surface area contributed by atoms with Crippen molar-refractivity contribution in [2.75, 3.05) is 19.3 Å². The lowest BCUT2D eigenvalue weighted by molar-refractivity contribution is -0.192. The number of halogens is 3. The average Bonchev–Trinajstić information content (AvgIpc) is 3.16. The van der Waals surface area contributed by atoms with Crippen molar-refractivity contribution >= 4 is 26.9 Å². The number of carboxylic acids is 1. The van der Waals surface area contributed by atoms with Gasteiger partial charge in [0.1, 0.15) is 17.9 Å². The van der Waals surface area contributed by atoms with Gasteiger partial charge in [0.25, 0.3) is 0 Å². The molecule has 1 N–H and O–H groups in total. The Hall–Kier alpha value is -3.05. The molecule has 1 aliphatic heterocycles. The maximum atomic E-state index is 12.2. The number of benzene rings is 2. The van der Waals surface area contributed by atoms with E-state index in [2.05, 4.69) is 4.90 Å². The summed E-state index contributed by atoms with van der Waals surface area (Å²) in [5.41, 5.74) is 2.80. The molecule has 0 unspecified atom stereocenters. The van der Waals surface area contributed by atoms with Crippen molar-refractivity contribution in [2.24, 2.45) is 0 Å². The van der Waals surface area contributed by atoms with Crippen LogP contribution in [0.5, 0.6) is 5.75 Å². The maximum Gasteiger partial charge on any atom is 0.490 e. The number of fused-ring (bicyclic) bond motifs is 1. The van der Waals surface area contributed by atoms with E-state index in [-0.39, 0.29) is 0 Å². The smallest absolute Gasteiger partial charge is 0.487 e. The molecule has 0 amide bonds. The Balaban J connectivity index is 0.000000383. The third-order valence-electron chi connectivity index (χ3n) is 5.05. The van der Waals surface area contributed by atoms with E-state index in [1.54, 1.807) is 6.20 Å². The van der Waals surface area contributed by atoms with Gasteiger partial charge in [0.15, 0.2) is 0 Å². The second kappa shape index (κ2) is 9.84. The Bertz CT molecular complexity index is 1220. The summed E-state index contributed by atoms with van der Waals surface area (Å²) in [4.78, 5) is 11.3. The monoisotopic (exact) mass is 484 g/mol. The van der Waals surface area contributed by atoms with Crippen molar-refractivity contribution in [1.82, 2.24) is 8.87 Å². The first-order chi connectivity index (χ1) is 15.5. The van der Waals surface area contributed by atoms with Crippen LogP contribution < -0.4 is 4.74 Å². The van der Waals surface area contributed by atoms with Crippen LogP contribution in [0.15, 0.2) is 54.7 Å². The van der Waals surface area contributed by atoms with E-state index in [1.165, 1.54) is 16.6 Å². The Morgan fingerprint density at radius 2 is 1.73 bits per heavy atom. The van der Waals surface area contributed by atoms with Gasteiger partial charge in [-0.15, -0.1) is 0 Å². The first-order valence-corrected chi connectivity index (χ1v) is 11.8. The van der Waals surface area contributed by atoms with Gasteiger partial charge in [-0.25, -0.2) is 17.2 Å². The zero-order chi connectivity index (χ0) is 24.2. The minimum atomic E-state index is -5.08. The Morgan fingerprint density at radius 3 is 2.24 bits per heavy atom. The summed E-state index contributed by atoms with van der Waals surface area (Å²) in [6.07, 6.45) is -1.02. The quantitative estimate of drug-likeness (QED) is 0.572. The number of hydrogen-bond donors (Lipinski definition) is 1. The van der Waals surface area contributed by atoms with E-state index in [0.717, 1.165) is 36.1 Å². The number of rotatable bonds is 6. The van der Waals surface area contributed by atoms with Gasteiger partial charge in [-0.1, -0.05) is 36.4 Å². The molecule has 2 aromatic carbocycles. The van der Waals surface area contributed by atoms with Crippen LogP contribution in [-0.4, -0.2) is 53.9 Å². The van der Waals surface area contributed by atoms with Gasteiger partial charge >= 0.3 is 12.1 Å². The summed E-state index contributed by atoms with van der Waals surface area (Å²) in [5, 5.41) is 8.06. The van der Waals surface area contributed by atoms with Crippen LogP contribution in [0.3, 0.4) is 0 Å². The molecular weight excluding hydrogens is 461 g/mol. The fourth-order valence-corrected chi connectivity index (χ4v) is 4.11. The second-order valence-electron chi connectivity index (χ2n) is 7.57. The molecule has 11 heteroatoms. The van der Waals surface area contributed by atoms with Gasteiger partial charge in [0, 0.05) is 18.1 Å². The zero-order valence-electron chi connectivity index (χ0n) is 17.7. The number of likely N-dealkylation sites (tertiary alicyclic amines) is 1. The van der Waals surface area contributed by atoms with Crippen molar-refractivity contribution in [1.29, 1.82) is 0 Å². The number of carboxylic acid groups (broad SMARTS) is 1. The van der Waals surface area contributed by atoms with Gasteiger partial charge < -0.3 is 9.84 Å². The molecule has 0 bridgehead atoms. The number of ether oxygens (including phenoxy) is 1. The average molecular weight is 484 g/mol. The number of hydrogen-bond acceptors (Lipinski definition) is 5. The molecule has 0 radical (unpaired) electrons. The van der Waals surface area contributed by atoms with Crippen molar-refractivity contribution in [2.45, 2.75) is 25.7 Å². The van der Waals surface area contributed by atoms with E-state index >= 15 is 0 Å². The largest absolute Gasteiger partial charge is 0.490 e. The predicted molar refractivity (Wildman–Crippen MR) is 117 cm³/mol. The van der Waals surface area contributed by atoms with Crippen LogP contribution in [0.25, 0.3) is 10.9 Å². The van der Waals surface area contributed by atoms with E-state index in [4.69, 9.17) is 14.6 Å². The van der Waals surface area contributed by atoms with Crippen LogP contribution >= 0.6 is 0 Å². The Kier molecular flexibility index (Phi) is 7.33. The lowest BCUT2D eigenvalue weighted by Gasteiger charge is -2.31. The van der Waals surface area contributed by atoms with Crippen molar-refractivity contribution in [3.63, 3.8) is 0 Å². The van der Waals surface area contributed by atoms with Gasteiger partial charge in [0.05, 0.1) is 6.26 Å². The fraction of sp³-hybridized carbons (Fsp3) is 0.318. The minimum Gasteiger partial charge on any atom is -0.487 e. The summed E-state index contributed by atoms with van der Waals surface area (Å²) in [6, 6.07) is 15.7. The standard InChI is InChI=1S/C20H22N2O3S.C2HF3O2/c1-26(23,24)22-13-10-18-17(14-21-11-5-12-21)8-9-19(20(18)22)25-15-16-6-3-2-4-7-16;3-2(4,5)1(6)7/h2-4,6-10,13H,5,11-12,14-15H2,1H3;(H,6,7). The number of aliphatic carboxylic acids is 1. The highest BCUT2D eigenvalue weighted by molar-refractivity contribution is 7.89. The SMILES string of the molecule is CS(=O)(=O)n1ccc2c(CN3CCC3)ccc(OCc3ccccc3)c21.O=C(O)C(F)(F)F. The number of nitrogens with zero attached hydrogens (tertiary/aromatic N) is 2. The zero-order valence-corrected chi connectivity index (χ0v) is 18.6. The molecule has 0 atom stereocenters. The third kappa shape index (κ3) is 6.26. The number of carbonyl (C=O) groups is 1. The highest BCUT2D eigenvalue weighted by Crippen LogP contribution is 2.32. The molecule has 0 saturated carbocycles. The molecule has 2 heterocycles. The van der Waals surface area contributed by atoms with E-state index in [1.807, 2.05) is 48.5 Å². The molecule has 1 saturated heterocycles. The van der Waals surface area contributed by atoms with Gasteiger partial charge in [-0.3, -0.25) is 4.90 Å². The van der Waals surface area contributed by atoms with Crippen LogP contribution in [0, 0.1) is 0 Å². The first kappa shape index (κ1) is 24.6. The first-order valence-electron chi connectivity index (χ1n) is 9.99. The summed E-state index contributed by atoms with van der Waals surface area (Å²) in [7, 11) is -3.41. The van der Waals surface area contributed by atoms with Crippen molar-refractivity contribution in [3.05, 3.63) is 65.9 Å². The minimum absolute atomic E-state index is 0.399. The van der Waals surface area contributed by atoms with E-state index < -0.39 is 22.2 Å². The molecular formula is C22H23F3N2O5S. The topological polar surface area (TPSA) is 88.8 Å². The highest BCUT2D eigenvalue weighted by Gasteiger charge is 2.38. The van der Waals surface area contributed by atoms with Crippen molar-refractivity contribution < 1.29 is 36.2 Å². The van der Waals surface area contributed by atoms with Gasteiger partial charge in [-0.2, -0.15) is 13.2 Å². The van der Waals surface area contributed by atoms with Gasteiger partial charge in [-0.05, 0) is 42.8 Å². The van der Waals surface area contributed by atoms with Crippen LogP contribution in [0.2, 0.25) is 0 Å². The summed E-state index contributed by atoms with van der Waals surface area (Å²) >= 11 is 0. The maximum absolute atomic E-state index is 12.2. The molecule has 33 heavy (non-hydrogen) atoms. The molecule has 178 valence electrons. The van der Waals surface area contributed by atoms with E-state index in [9.17, 15) is 21.6 Å². The molecule has 1 aromatic heterocycles. The van der Waals surface area contributed by atoms with Crippen molar-refractivity contribution in [3.8, 4) is 5.75 Å². The second-order valence-corrected chi connectivity index (χ2v) is 9.43.